The first kappa shape index (κ1) is 27.6. The molecular weight excluding hydrogens is 432 g/mol. The lowest BCUT2D eigenvalue weighted by molar-refractivity contribution is -0.143. The number of carbonyl (C=O) groups is 5. The number of nitrogens with one attached hydrogen (secondary N) is 3. The Morgan fingerprint density at radius 1 is 0.939 bits per heavy atom. The molecule has 0 aliphatic heterocycles. The van der Waals surface area contributed by atoms with Crippen LogP contribution in [0.4, 0.5) is 0 Å². The average molecular weight is 465 g/mol. The van der Waals surface area contributed by atoms with Gasteiger partial charge in [-0.05, 0) is 24.3 Å². The van der Waals surface area contributed by atoms with E-state index in [0.717, 1.165) is 5.56 Å². The molecule has 0 aliphatic carbocycles. The summed E-state index contributed by atoms with van der Waals surface area (Å²) in [4.78, 5) is 59.1. The molecule has 1 aromatic carbocycles. The largest absolute Gasteiger partial charge is 0.481 e. The van der Waals surface area contributed by atoms with E-state index in [1.165, 1.54) is 0 Å². The van der Waals surface area contributed by atoms with Gasteiger partial charge in [0.2, 0.25) is 17.7 Å². The Bertz CT molecular complexity index is 829. The predicted octanol–water partition coefficient (Wildman–Crippen LogP) is -0.362. The second-order valence-electron chi connectivity index (χ2n) is 8.10. The van der Waals surface area contributed by atoms with Gasteiger partial charge in [0.15, 0.2) is 0 Å². The summed E-state index contributed by atoms with van der Waals surface area (Å²) in [6.45, 7) is 3.29. The number of hydrogen-bond acceptors (Lipinski definition) is 6. The molecule has 3 amide bonds. The number of amides is 3. The van der Waals surface area contributed by atoms with E-state index >= 15 is 0 Å². The molecule has 0 fully saturated rings. The topological polar surface area (TPSA) is 188 Å². The molecule has 3 unspecified atom stereocenters. The Labute approximate surface area is 192 Å². The molecule has 0 aliphatic rings. The van der Waals surface area contributed by atoms with E-state index < -0.39 is 60.8 Å². The molecule has 182 valence electrons. The zero-order chi connectivity index (χ0) is 25.0. The van der Waals surface area contributed by atoms with E-state index in [9.17, 15) is 24.0 Å². The van der Waals surface area contributed by atoms with Gasteiger partial charge in [-0.15, -0.1) is 0 Å². The molecule has 0 aromatic heterocycles. The monoisotopic (exact) mass is 464 g/mol. The van der Waals surface area contributed by atoms with Crippen LogP contribution in [0.2, 0.25) is 0 Å². The minimum Gasteiger partial charge on any atom is -0.481 e. The molecular formula is C22H32N4O7. The molecule has 0 heterocycles. The Morgan fingerprint density at radius 3 is 2.12 bits per heavy atom. The number of rotatable bonds is 14. The van der Waals surface area contributed by atoms with Crippen molar-refractivity contribution in [3.05, 3.63) is 35.9 Å². The van der Waals surface area contributed by atoms with Crippen LogP contribution in [0, 0.1) is 5.92 Å². The van der Waals surface area contributed by atoms with Crippen LogP contribution in [0.1, 0.15) is 38.7 Å². The number of carbonyl (C=O) groups excluding carboxylic acids is 3. The van der Waals surface area contributed by atoms with Gasteiger partial charge >= 0.3 is 11.9 Å². The van der Waals surface area contributed by atoms with Crippen LogP contribution in [0.15, 0.2) is 30.3 Å². The Morgan fingerprint density at radius 2 is 1.58 bits per heavy atom. The first-order valence-electron chi connectivity index (χ1n) is 10.6. The van der Waals surface area contributed by atoms with Gasteiger partial charge in [0.05, 0.1) is 12.6 Å². The van der Waals surface area contributed by atoms with Crippen LogP contribution in [-0.4, -0.2) is 64.5 Å². The molecule has 7 N–H and O–H groups in total. The first-order chi connectivity index (χ1) is 15.5. The highest BCUT2D eigenvalue weighted by Gasteiger charge is 2.26. The van der Waals surface area contributed by atoms with Gasteiger partial charge in [-0.2, -0.15) is 0 Å². The lowest BCUT2D eigenvalue weighted by Gasteiger charge is -2.22. The molecule has 11 heteroatoms. The summed E-state index contributed by atoms with van der Waals surface area (Å²) in [5.74, 6) is -4.34. The van der Waals surface area contributed by atoms with Gasteiger partial charge in [0.1, 0.15) is 12.1 Å². The average Bonchev–Trinajstić information content (AvgIpc) is 2.74. The van der Waals surface area contributed by atoms with Gasteiger partial charge < -0.3 is 31.9 Å². The summed E-state index contributed by atoms with van der Waals surface area (Å²) < 4.78 is 0. The van der Waals surface area contributed by atoms with Crippen LogP contribution in [0.3, 0.4) is 0 Å². The molecule has 0 radical (unpaired) electrons. The fourth-order valence-electron chi connectivity index (χ4n) is 3.01. The number of hydrogen-bond donors (Lipinski definition) is 6. The van der Waals surface area contributed by atoms with Gasteiger partial charge in [0, 0.05) is 12.8 Å². The standard InChI is InChI=1S/C22H32N4O7/c1-13(2)10-15(23)20(30)26-17(11-14-6-4-3-5-7-14)21(31)24-12-18(27)25-16(22(32)33)8-9-19(28)29/h3-7,13,15-17H,8-12,23H2,1-2H3,(H,24,31)(H,25,27)(H,26,30)(H,28,29)(H,32,33). The van der Waals surface area contributed by atoms with Gasteiger partial charge in [-0.1, -0.05) is 44.2 Å². The SMILES string of the molecule is CC(C)CC(N)C(=O)NC(Cc1ccccc1)C(=O)NCC(=O)NC(CCC(=O)O)C(=O)O. The highest BCUT2D eigenvalue weighted by Crippen LogP contribution is 2.06. The van der Waals surface area contributed by atoms with E-state index in [1.54, 1.807) is 24.3 Å². The van der Waals surface area contributed by atoms with Gasteiger partial charge in [0.25, 0.3) is 0 Å². The summed E-state index contributed by atoms with van der Waals surface area (Å²) in [7, 11) is 0. The molecule has 3 atom stereocenters. The number of carboxylic acid groups (broad SMARTS) is 2. The third-order valence-corrected chi connectivity index (χ3v) is 4.68. The summed E-state index contributed by atoms with van der Waals surface area (Å²) in [6, 6.07) is 5.74. The predicted molar refractivity (Wildman–Crippen MR) is 119 cm³/mol. The lowest BCUT2D eigenvalue weighted by atomic mass is 10.0. The number of nitrogens with two attached hydrogens (primary N) is 1. The molecule has 33 heavy (non-hydrogen) atoms. The minimum atomic E-state index is -1.40. The summed E-state index contributed by atoms with van der Waals surface area (Å²) in [5, 5.41) is 25.0. The zero-order valence-electron chi connectivity index (χ0n) is 18.7. The van der Waals surface area contributed by atoms with Crippen molar-refractivity contribution in [2.24, 2.45) is 11.7 Å². The normalized spacial score (nSPS) is 13.5. The molecule has 1 rings (SSSR count). The lowest BCUT2D eigenvalue weighted by Crippen LogP contribution is -2.54. The van der Waals surface area contributed by atoms with Crippen molar-refractivity contribution < 1.29 is 34.2 Å². The maximum atomic E-state index is 12.7. The van der Waals surface area contributed by atoms with Gasteiger partial charge in [-0.3, -0.25) is 19.2 Å². The molecule has 1 aromatic rings. The minimum absolute atomic E-state index is 0.158. The van der Waals surface area contributed by atoms with Crippen molar-refractivity contribution in [1.29, 1.82) is 0 Å². The fraction of sp³-hybridized carbons (Fsp3) is 0.500. The summed E-state index contributed by atoms with van der Waals surface area (Å²) in [6.07, 6.45) is -0.151. The highest BCUT2D eigenvalue weighted by atomic mass is 16.4. The van der Waals surface area contributed by atoms with Gasteiger partial charge in [-0.25, -0.2) is 4.79 Å². The van der Waals surface area contributed by atoms with Crippen LogP contribution in [0.5, 0.6) is 0 Å². The van der Waals surface area contributed by atoms with Crippen molar-refractivity contribution in [2.45, 2.75) is 57.7 Å². The van der Waals surface area contributed by atoms with Crippen LogP contribution in [0.25, 0.3) is 0 Å². The van der Waals surface area contributed by atoms with Crippen molar-refractivity contribution in [2.75, 3.05) is 6.54 Å². The highest BCUT2D eigenvalue weighted by molar-refractivity contribution is 5.92. The smallest absolute Gasteiger partial charge is 0.326 e. The maximum absolute atomic E-state index is 12.7. The zero-order valence-corrected chi connectivity index (χ0v) is 18.7. The van der Waals surface area contributed by atoms with Crippen LogP contribution < -0.4 is 21.7 Å². The van der Waals surface area contributed by atoms with E-state index in [0.29, 0.717) is 6.42 Å². The number of aliphatic carboxylic acids is 2. The molecule has 0 saturated heterocycles. The Kier molecular flexibility index (Phi) is 11.6. The Hall–Kier alpha value is -3.47. The quantitative estimate of drug-likeness (QED) is 0.215. The van der Waals surface area contributed by atoms with Crippen molar-refractivity contribution in [3.63, 3.8) is 0 Å². The van der Waals surface area contributed by atoms with E-state index in [1.807, 2.05) is 19.9 Å². The molecule has 0 bridgehead atoms. The summed E-state index contributed by atoms with van der Waals surface area (Å²) in [5.41, 5.74) is 6.69. The molecule has 11 nitrogen and oxygen atoms in total. The Balaban J connectivity index is 2.77. The van der Waals surface area contributed by atoms with E-state index in [-0.39, 0.29) is 18.8 Å². The fourth-order valence-corrected chi connectivity index (χ4v) is 3.01. The van der Waals surface area contributed by atoms with Crippen molar-refractivity contribution >= 4 is 29.7 Å². The van der Waals surface area contributed by atoms with Crippen molar-refractivity contribution in [3.8, 4) is 0 Å². The number of benzene rings is 1. The third kappa shape index (κ3) is 11.1. The van der Waals surface area contributed by atoms with Crippen molar-refractivity contribution in [1.82, 2.24) is 16.0 Å². The first-order valence-corrected chi connectivity index (χ1v) is 10.6. The summed E-state index contributed by atoms with van der Waals surface area (Å²) >= 11 is 0. The number of carboxylic acids is 2. The second kappa shape index (κ2) is 13.8. The van der Waals surface area contributed by atoms with Crippen LogP contribution in [-0.2, 0) is 30.4 Å². The van der Waals surface area contributed by atoms with E-state index in [2.05, 4.69) is 16.0 Å². The van der Waals surface area contributed by atoms with Crippen LogP contribution >= 0.6 is 0 Å². The molecule has 0 spiro atoms. The molecule has 0 saturated carbocycles. The second-order valence-corrected chi connectivity index (χ2v) is 8.10. The van der Waals surface area contributed by atoms with E-state index in [4.69, 9.17) is 15.9 Å². The maximum Gasteiger partial charge on any atom is 0.326 e. The third-order valence-electron chi connectivity index (χ3n) is 4.68.